The molecule has 1 aliphatic heterocycles. The van der Waals surface area contributed by atoms with Crippen molar-refractivity contribution in [2.45, 2.75) is 45.2 Å². The van der Waals surface area contributed by atoms with Gasteiger partial charge in [0.2, 0.25) is 0 Å². The molecule has 21 heavy (non-hydrogen) atoms. The molecule has 3 rings (SSSR count). The molecule has 2 nitrogen and oxygen atoms in total. The van der Waals surface area contributed by atoms with Gasteiger partial charge in [0.25, 0.3) is 0 Å². The third-order valence-electron chi connectivity index (χ3n) is 4.23. The zero-order chi connectivity index (χ0) is 14.7. The summed E-state index contributed by atoms with van der Waals surface area (Å²) < 4.78 is 13.0. The van der Waals surface area contributed by atoms with Crippen molar-refractivity contribution >= 4 is 11.3 Å². The zero-order valence-electron chi connectivity index (χ0n) is 12.4. The third-order valence-corrected chi connectivity index (χ3v) is 5.17. The maximum absolute atomic E-state index is 13.0. The van der Waals surface area contributed by atoms with Gasteiger partial charge in [0, 0.05) is 23.5 Å². The average molecular weight is 304 g/mol. The molecule has 0 saturated carbocycles. The Morgan fingerprint density at radius 2 is 2.10 bits per heavy atom. The van der Waals surface area contributed by atoms with E-state index in [1.54, 1.807) is 23.5 Å². The molecular formula is C17H21FN2S. The van der Waals surface area contributed by atoms with Gasteiger partial charge in [-0.25, -0.2) is 9.37 Å². The van der Waals surface area contributed by atoms with Crippen molar-refractivity contribution in [2.75, 3.05) is 6.54 Å². The largest absolute Gasteiger partial charge is 0.295 e. The second-order valence-corrected chi connectivity index (χ2v) is 6.54. The van der Waals surface area contributed by atoms with Crippen LogP contribution in [0.3, 0.4) is 0 Å². The molecule has 1 aromatic heterocycles. The van der Waals surface area contributed by atoms with Crippen molar-refractivity contribution in [1.29, 1.82) is 0 Å². The molecule has 0 aliphatic carbocycles. The van der Waals surface area contributed by atoms with Crippen molar-refractivity contribution in [1.82, 2.24) is 9.88 Å². The fourth-order valence-electron chi connectivity index (χ4n) is 3.04. The van der Waals surface area contributed by atoms with E-state index in [1.165, 1.54) is 44.4 Å². The molecule has 2 heterocycles. The van der Waals surface area contributed by atoms with Gasteiger partial charge in [-0.15, -0.1) is 11.3 Å². The van der Waals surface area contributed by atoms with Crippen LogP contribution in [0.2, 0.25) is 0 Å². The first-order valence-corrected chi connectivity index (χ1v) is 8.58. The number of halogens is 1. The number of likely N-dealkylation sites (tertiary alicyclic amines) is 1. The standard InChI is InChI=1S/C17H21FN2S/c1-2-16-5-3-4-10-20(16)11-15-12-21-17(19-15)13-6-8-14(18)9-7-13/h6-9,12,16H,2-5,10-11H2,1H3. The van der Waals surface area contributed by atoms with Crippen LogP contribution in [0.5, 0.6) is 0 Å². The number of piperidine rings is 1. The van der Waals surface area contributed by atoms with Crippen LogP contribution in [0.1, 0.15) is 38.3 Å². The SMILES string of the molecule is CCC1CCCCN1Cc1csc(-c2ccc(F)cc2)n1. The highest BCUT2D eigenvalue weighted by atomic mass is 32.1. The molecule has 1 unspecified atom stereocenters. The molecule has 0 bridgehead atoms. The number of rotatable bonds is 4. The van der Waals surface area contributed by atoms with Crippen LogP contribution in [0.25, 0.3) is 10.6 Å². The molecule has 0 N–H and O–H groups in total. The van der Waals surface area contributed by atoms with Crippen molar-refractivity contribution < 1.29 is 4.39 Å². The van der Waals surface area contributed by atoms with Crippen molar-refractivity contribution in [3.8, 4) is 10.6 Å². The average Bonchev–Trinajstić information content (AvgIpc) is 2.97. The van der Waals surface area contributed by atoms with Crippen molar-refractivity contribution in [2.24, 2.45) is 0 Å². The van der Waals surface area contributed by atoms with E-state index in [9.17, 15) is 4.39 Å². The van der Waals surface area contributed by atoms with E-state index >= 15 is 0 Å². The lowest BCUT2D eigenvalue weighted by molar-refractivity contribution is 0.135. The summed E-state index contributed by atoms with van der Waals surface area (Å²) in [6.45, 7) is 4.39. The molecule has 0 spiro atoms. The quantitative estimate of drug-likeness (QED) is 0.813. The van der Waals surface area contributed by atoms with Gasteiger partial charge in [0.05, 0.1) is 5.69 Å². The van der Waals surface area contributed by atoms with Gasteiger partial charge in [0.15, 0.2) is 0 Å². The number of nitrogens with zero attached hydrogens (tertiary/aromatic N) is 2. The molecule has 1 saturated heterocycles. The highest BCUT2D eigenvalue weighted by Crippen LogP contribution is 2.26. The fourth-order valence-corrected chi connectivity index (χ4v) is 3.86. The summed E-state index contributed by atoms with van der Waals surface area (Å²) in [5.74, 6) is -0.199. The first-order valence-electron chi connectivity index (χ1n) is 7.70. The topological polar surface area (TPSA) is 16.1 Å². The van der Waals surface area contributed by atoms with Crippen molar-refractivity contribution in [3.63, 3.8) is 0 Å². The summed E-state index contributed by atoms with van der Waals surface area (Å²) >= 11 is 1.65. The van der Waals surface area contributed by atoms with Gasteiger partial charge in [-0.3, -0.25) is 4.90 Å². The molecule has 1 atom stereocenters. The van der Waals surface area contributed by atoms with Gasteiger partial charge in [0.1, 0.15) is 10.8 Å². The van der Waals surface area contributed by atoms with Gasteiger partial charge in [-0.1, -0.05) is 13.3 Å². The second-order valence-electron chi connectivity index (χ2n) is 5.68. The first kappa shape index (κ1) is 14.7. The Morgan fingerprint density at radius 3 is 2.86 bits per heavy atom. The Morgan fingerprint density at radius 1 is 1.29 bits per heavy atom. The predicted molar refractivity (Wildman–Crippen MR) is 85.8 cm³/mol. The van der Waals surface area contributed by atoms with Gasteiger partial charge in [-0.2, -0.15) is 0 Å². The number of hydrogen-bond acceptors (Lipinski definition) is 3. The van der Waals surface area contributed by atoms with Crippen LogP contribution >= 0.6 is 11.3 Å². The minimum absolute atomic E-state index is 0.199. The summed E-state index contributed by atoms with van der Waals surface area (Å²) in [5.41, 5.74) is 2.14. The van der Waals surface area contributed by atoms with Crippen LogP contribution in [0, 0.1) is 5.82 Å². The Bertz CT molecular complexity index is 579. The van der Waals surface area contributed by atoms with E-state index in [0.29, 0.717) is 6.04 Å². The van der Waals surface area contributed by atoms with Crippen LogP contribution in [0.4, 0.5) is 4.39 Å². The smallest absolute Gasteiger partial charge is 0.123 e. The first-order chi connectivity index (χ1) is 10.3. The molecule has 1 aliphatic rings. The summed E-state index contributed by atoms with van der Waals surface area (Å²) in [5, 5.41) is 3.12. The van der Waals surface area contributed by atoms with Gasteiger partial charge in [-0.05, 0) is 50.1 Å². The number of thiazole rings is 1. The number of benzene rings is 1. The molecule has 0 radical (unpaired) electrons. The van der Waals surface area contributed by atoms with E-state index in [1.807, 2.05) is 0 Å². The maximum atomic E-state index is 13.0. The van der Waals surface area contributed by atoms with E-state index in [2.05, 4.69) is 17.2 Å². The molecule has 0 amide bonds. The maximum Gasteiger partial charge on any atom is 0.123 e. The van der Waals surface area contributed by atoms with Crippen LogP contribution < -0.4 is 0 Å². The Labute approximate surface area is 129 Å². The number of hydrogen-bond donors (Lipinski definition) is 0. The second kappa shape index (κ2) is 6.67. The zero-order valence-corrected chi connectivity index (χ0v) is 13.2. The lowest BCUT2D eigenvalue weighted by Crippen LogP contribution is -2.38. The van der Waals surface area contributed by atoms with Crippen LogP contribution in [-0.4, -0.2) is 22.5 Å². The Hall–Kier alpha value is -1.26. The minimum atomic E-state index is -0.199. The fraction of sp³-hybridized carbons (Fsp3) is 0.471. The molecule has 112 valence electrons. The molecule has 4 heteroatoms. The lowest BCUT2D eigenvalue weighted by Gasteiger charge is -2.34. The van der Waals surface area contributed by atoms with E-state index < -0.39 is 0 Å². The van der Waals surface area contributed by atoms with E-state index in [-0.39, 0.29) is 5.82 Å². The summed E-state index contributed by atoms with van der Waals surface area (Å²) in [6, 6.07) is 7.29. The molecule has 2 aromatic rings. The Balaban J connectivity index is 1.71. The van der Waals surface area contributed by atoms with E-state index in [4.69, 9.17) is 4.98 Å². The molecule has 1 aromatic carbocycles. The molecule has 1 fully saturated rings. The third kappa shape index (κ3) is 3.50. The van der Waals surface area contributed by atoms with E-state index in [0.717, 1.165) is 22.8 Å². The summed E-state index contributed by atoms with van der Waals surface area (Å²) in [4.78, 5) is 7.29. The van der Waals surface area contributed by atoms with Crippen LogP contribution in [-0.2, 0) is 6.54 Å². The van der Waals surface area contributed by atoms with Crippen LogP contribution in [0.15, 0.2) is 29.6 Å². The summed E-state index contributed by atoms with van der Waals surface area (Å²) in [7, 11) is 0. The highest BCUT2D eigenvalue weighted by Gasteiger charge is 2.21. The monoisotopic (exact) mass is 304 g/mol. The summed E-state index contributed by atoms with van der Waals surface area (Å²) in [6.07, 6.45) is 5.18. The van der Waals surface area contributed by atoms with Gasteiger partial charge >= 0.3 is 0 Å². The lowest BCUT2D eigenvalue weighted by atomic mass is 10.00. The predicted octanol–water partition coefficient (Wildman–Crippen LogP) is 4.71. The normalized spacial score (nSPS) is 19.8. The van der Waals surface area contributed by atoms with Crippen molar-refractivity contribution in [3.05, 3.63) is 41.2 Å². The number of aromatic nitrogens is 1. The highest BCUT2D eigenvalue weighted by molar-refractivity contribution is 7.13. The Kier molecular flexibility index (Phi) is 4.66. The molecular weight excluding hydrogens is 283 g/mol. The van der Waals surface area contributed by atoms with Gasteiger partial charge < -0.3 is 0 Å². The minimum Gasteiger partial charge on any atom is -0.295 e.